The van der Waals surface area contributed by atoms with Crippen LogP contribution in [0.2, 0.25) is 0 Å². The lowest BCUT2D eigenvalue weighted by atomic mass is 10.1. The molecule has 1 aliphatic heterocycles. The number of imide groups is 1. The van der Waals surface area contributed by atoms with E-state index in [-0.39, 0.29) is 17.4 Å². The molecule has 0 saturated heterocycles. The molecule has 1 aliphatic rings. The van der Waals surface area contributed by atoms with Gasteiger partial charge in [0.15, 0.2) is 0 Å². The molecule has 0 unspecified atom stereocenters. The molecule has 3 amide bonds. The van der Waals surface area contributed by atoms with E-state index in [0.29, 0.717) is 16.8 Å². The monoisotopic (exact) mass is 410 g/mol. The number of fused-ring (bicyclic) bond motifs is 2. The predicted octanol–water partition coefficient (Wildman–Crippen LogP) is 3.72. The van der Waals surface area contributed by atoms with E-state index in [4.69, 9.17) is 0 Å². The summed E-state index contributed by atoms with van der Waals surface area (Å²) in [4.78, 5) is 42.6. The molecule has 0 atom stereocenters. The number of para-hydroxylation sites is 2. The molecule has 4 aromatic rings. The van der Waals surface area contributed by atoms with Gasteiger partial charge in [-0.05, 0) is 54.6 Å². The summed E-state index contributed by atoms with van der Waals surface area (Å²) in [7, 11) is 3.40. The number of aromatic nitrogens is 2. The smallest absolute Gasteiger partial charge is 0.261 e. The van der Waals surface area contributed by atoms with Crippen LogP contribution in [-0.4, -0.2) is 39.2 Å². The van der Waals surface area contributed by atoms with E-state index < -0.39 is 5.91 Å². The van der Waals surface area contributed by atoms with Crippen molar-refractivity contribution in [2.24, 2.45) is 7.05 Å². The molecule has 7 heteroatoms. The number of hydrogen-bond donors (Lipinski definition) is 1. The fourth-order valence-corrected chi connectivity index (χ4v) is 3.81. The summed E-state index contributed by atoms with van der Waals surface area (Å²) in [5.74, 6) is -0.274. The molecule has 0 fully saturated rings. The first-order valence-electron chi connectivity index (χ1n) is 9.74. The van der Waals surface area contributed by atoms with Gasteiger partial charge in [0.25, 0.3) is 17.7 Å². The van der Waals surface area contributed by atoms with Gasteiger partial charge in [-0.15, -0.1) is 0 Å². The van der Waals surface area contributed by atoms with Crippen LogP contribution in [0.1, 0.15) is 31.1 Å². The molecule has 0 saturated carbocycles. The van der Waals surface area contributed by atoms with Gasteiger partial charge >= 0.3 is 0 Å². The van der Waals surface area contributed by atoms with Crippen LogP contribution in [-0.2, 0) is 7.05 Å². The molecule has 5 rings (SSSR count). The molecule has 7 nitrogen and oxygen atoms in total. The minimum Gasteiger partial charge on any atom is -0.327 e. The molecular weight excluding hydrogens is 392 g/mol. The zero-order valence-corrected chi connectivity index (χ0v) is 16.9. The van der Waals surface area contributed by atoms with Crippen molar-refractivity contribution >= 4 is 34.4 Å². The zero-order valence-electron chi connectivity index (χ0n) is 16.9. The molecule has 0 spiro atoms. The largest absolute Gasteiger partial charge is 0.327 e. The maximum Gasteiger partial charge on any atom is 0.261 e. The van der Waals surface area contributed by atoms with Gasteiger partial charge in [0, 0.05) is 30.9 Å². The third-order valence-electron chi connectivity index (χ3n) is 5.54. The Hall–Kier alpha value is -4.26. The van der Waals surface area contributed by atoms with Gasteiger partial charge in [-0.3, -0.25) is 19.3 Å². The van der Waals surface area contributed by atoms with Crippen LogP contribution in [0.25, 0.3) is 22.4 Å². The molecule has 0 bridgehead atoms. The highest BCUT2D eigenvalue weighted by atomic mass is 16.2. The van der Waals surface area contributed by atoms with Crippen LogP contribution in [0.5, 0.6) is 0 Å². The molecule has 1 N–H and O–H groups in total. The van der Waals surface area contributed by atoms with Crippen LogP contribution in [0.4, 0.5) is 5.69 Å². The number of carbonyl (C=O) groups is 3. The predicted molar refractivity (Wildman–Crippen MR) is 117 cm³/mol. The van der Waals surface area contributed by atoms with Crippen molar-refractivity contribution in [3.05, 3.63) is 83.4 Å². The first-order chi connectivity index (χ1) is 14.9. The highest BCUT2D eigenvalue weighted by Crippen LogP contribution is 2.26. The fourth-order valence-electron chi connectivity index (χ4n) is 3.81. The second-order valence-corrected chi connectivity index (χ2v) is 7.44. The lowest BCUT2D eigenvalue weighted by Crippen LogP contribution is -2.24. The third-order valence-corrected chi connectivity index (χ3v) is 5.54. The van der Waals surface area contributed by atoms with Crippen LogP contribution in [0.3, 0.4) is 0 Å². The number of benzene rings is 3. The van der Waals surface area contributed by atoms with E-state index in [0.717, 1.165) is 27.3 Å². The van der Waals surface area contributed by atoms with Gasteiger partial charge in [-0.2, -0.15) is 0 Å². The number of aryl methyl sites for hydroxylation is 1. The average Bonchev–Trinajstić information content (AvgIpc) is 3.24. The minimum atomic E-state index is -0.401. The summed E-state index contributed by atoms with van der Waals surface area (Å²) in [5.41, 5.74) is 4.40. The lowest BCUT2D eigenvalue weighted by molar-refractivity contribution is 0.0693. The normalized spacial score (nSPS) is 13.0. The quantitative estimate of drug-likeness (QED) is 0.522. The summed E-state index contributed by atoms with van der Waals surface area (Å²) in [6.07, 6.45) is 0. The zero-order chi connectivity index (χ0) is 21.7. The Kier molecular flexibility index (Phi) is 4.18. The Morgan fingerprint density at radius 3 is 2.32 bits per heavy atom. The van der Waals surface area contributed by atoms with Gasteiger partial charge in [-0.1, -0.05) is 12.1 Å². The number of nitrogens with zero attached hydrogens (tertiary/aromatic N) is 3. The summed E-state index contributed by atoms with van der Waals surface area (Å²) < 4.78 is 2.03. The van der Waals surface area contributed by atoms with Gasteiger partial charge in [0.2, 0.25) is 0 Å². The first-order valence-corrected chi connectivity index (χ1v) is 9.74. The Bertz CT molecular complexity index is 1390. The van der Waals surface area contributed by atoms with Crippen molar-refractivity contribution in [1.82, 2.24) is 14.5 Å². The summed E-state index contributed by atoms with van der Waals surface area (Å²) in [6.45, 7) is 0. The average molecular weight is 410 g/mol. The van der Waals surface area contributed by atoms with Gasteiger partial charge in [0.05, 0.1) is 22.2 Å². The SMILES string of the molecule is CN1C(=O)c2ccc(C(=O)Nc3ccc(-c4nc5ccccc5n4C)cc3)cc2C1=O. The number of rotatable bonds is 3. The molecule has 31 heavy (non-hydrogen) atoms. The molecule has 1 aromatic heterocycles. The highest BCUT2D eigenvalue weighted by molar-refractivity contribution is 6.22. The van der Waals surface area contributed by atoms with Crippen LogP contribution < -0.4 is 5.32 Å². The number of imidazole rings is 1. The van der Waals surface area contributed by atoms with Gasteiger partial charge in [-0.25, -0.2) is 4.98 Å². The number of carbonyl (C=O) groups excluding carboxylic acids is 3. The van der Waals surface area contributed by atoms with Crippen LogP contribution >= 0.6 is 0 Å². The molecule has 152 valence electrons. The summed E-state index contributed by atoms with van der Waals surface area (Å²) in [5, 5.41) is 2.83. The van der Waals surface area contributed by atoms with Gasteiger partial charge < -0.3 is 9.88 Å². The molecule has 2 heterocycles. The molecule has 0 radical (unpaired) electrons. The third kappa shape index (κ3) is 2.98. The Morgan fingerprint density at radius 2 is 1.58 bits per heavy atom. The standard InChI is InChI=1S/C24H18N4O3/c1-27-20-6-4-3-5-19(20)26-21(27)14-7-10-16(11-8-14)25-22(29)15-9-12-17-18(13-15)24(31)28(2)23(17)30/h3-13H,1-2H3,(H,25,29). The molecule has 3 aromatic carbocycles. The van der Waals surface area contributed by atoms with Crippen molar-refractivity contribution in [1.29, 1.82) is 0 Å². The second kappa shape index (κ2) is 6.91. The lowest BCUT2D eigenvalue weighted by Gasteiger charge is -2.08. The highest BCUT2D eigenvalue weighted by Gasteiger charge is 2.33. The number of nitrogens with one attached hydrogen (secondary N) is 1. The van der Waals surface area contributed by atoms with Crippen molar-refractivity contribution in [3.8, 4) is 11.4 Å². The van der Waals surface area contributed by atoms with E-state index in [1.54, 1.807) is 6.07 Å². The maximum atomic E-state index is 12.7. The van der Waals surface area contributed by atoms with E-state index in [1.165, 1.54) is 19.2 Å². The van der Waals surface area contributed by atoms with E-state index in [1.807, 2.05) is 60.1 Å². The van der Waals surface area contributed by atoms with E-state index in [2.05, 4.69) is 10.3 Å². The minimum absolute atomic E-state index is 0.248. The van der Waals surface area contributed by atoms with E-state index in [9.17, 15) is 14.4 Å². The number of amides is 3. The first kappa shape index (κ1) is 18.7. The second-order valence-electron chi connectivity index (χ2n) is 7.44. The molecular formula is C24H18N4O3. The van der Waals surface area contributed by atoms with E-state index >= 15 is 0 Å². The summed E-state index contributed by atoms with van der Waals surface area (Å²) in [6, 6.07) is 19.9. The van der Waals surface area contributed by atoms with Crippen LogP contribution in [0, 0.1) is 0 Å². The topological polar surface area (TPSA) is 84.3 Å². The van der Waals surface area contributed by atoms with Crippen molar-refractivity contribution < 1.29 is 14.4 Å². The Balaban J connectivity index is 1.38. The van der Waals surface area contributed by atoms with Crippen LogP contribution in [0.15, 0.2) is 66.7 Å². The van der Waals surface area contributed by atoms with Gasteiger partial charge in [0.1, 0.15) is 5.82 Å². The fraction of sp³-hybridized carbons (Fsp3) is 0.0833. The Morgan fingerprint density at radius 1 is 0.871 bits per heavy atom. The van der Waals surface area contributed by atoms with Crippen molar-refractivity contribution in [2.45, 2.75) is 0 Å². The molecule has 0 aliphatic carbocycles. The Labute approximate surface area is 177 Å². The summed E-state index contributed by atoms with van der Waals surface area (Å²) >= 11 is 0. The number of hydrogen-bond acceptors (Lipinski definition) is 4. The van der Waals surface area contributed by atoms with Crippen molar-refractivity contribution in [3.63, 3.8) is 0 Å². The maximum absolute atomic E-state index is 12.7. The number of anilines is 1. The van der Waals surface area contributed by atoms with Crippen molar-refractivity contribution in [2.75, 3.05) is 12.4 Å².